The lowest BCUT2D eigenvalue weighted by Crippen LogP contribution is -2.34. The van der Waals surface area contributed by atoms with E-state index in [0.717, 1.165) is 53.6 Å². The van der Waals surface area contributed by atoms with Gasteiger partial charge in [0.2, 0.25) is 0 Å². The molecule has 188 valence electrons. The van der Waals surface area contributed by atoms with Crippen molar-refractivity contribution in [3.8, 4) is 10.4 Å². The third kappa shape index (κ3) is 5.13. The Morgan fingerprint density at radius 1 is 1.11 bits per heavy atom. The first-order chi connectivity index (χ1) is 17.7. The van der Waals surface area contributed by atoms with E-state index in [1.54, 1.807) is 13.2 Å². The summed E-state index contributed by atoms with van der Waals surface area (Å²) >= 11 is 1.47. The van der Waals surface area contributed by atoms with Crippen LogP contribution in [0.15, 0.2) is 48.5 Å². The monoisotopic (exact) mass is 506 g/mol. The van der Waals surface area contributed by atoms with Crippen molar-refractivity contribution >= 4 is 34.7 Å². The highest BCUT2D eigenvalue weighted by Crippen LogP contribution is 2.41. The smallest absolute Gasteiger partial charge is 0.276 e. The zero-order valence-corrected chi connectivity index (χ0v) is 21.2. The second-order valence-electron chi connectivity index (χ2n) is 8.77. The van der Waals surface area contributed by atoms with Crippen LogP contribution in [0.1, 0.15) is 32.1 Å². The standard InChI is InChI=1S/C27H30N4O4S/c1-34-16-11-28-26(32)23-18-19-10-13-31(22-8-3-2-6-20(22)25(19)36-23)27(33)21-7-4-9-24(29-21)30-12-5-15-35-17-14-30/h2-4,6-9,18H,5,10-17H2,1H3,(H,28,32). The molecule has 0 atom stereocenters. The van der Waals surface area contributed by atoms with Crippen molar-refractivity contribution in [3.05, 3.63) is 64.7 Å². The van der Waals surface area contributed by atoms with Crippen LogP contribution < -0.4 is 15.1 Å². The number of aromatic nitrogens is 1. The number of anilines is 2. The Morgan fingerprint density at radius 2 is 2.00 bits per heavy atom. The first-order valence-corrected chi connectivity index (χ1v) is 13.1. The first-order valence-electron chi connectivity index (χ1n) is 12.3. The topological polar surface area (TPSA) is 84.0 Å². The summed E-state index contributed by atoms with van der Waals surface area (Å²) in [5.74, 6) is 0.580. The van der Waals surface area contributed by atoms with Crippen molar-refractivity contribution in [1.29, 1.82) is 0 Å². The van der Waals surface area contributed by atoms with Crippen molar-refractivity contribution < 1.29 is 19.1 Å². The molecule has 4 heterocycles. The molecule has 8 nitrogen and oxygen atoms in total. The quantitative estimate of drug-likeness (QED) is 0.514. The van der Waals surface area contributed by atoms with Crippen LogP contribution in [0, 0.1) is 0 Å². The number of thiophene rings is 1. The molecule has 0 saturated carbocycles. The van der Waals surface area contributed by atoms with Crippen LogP contribution in [0.2, 0.25) is 0 Å². The fourth-order valence-corrected chi connectivity index (χ4v) is 5.77. The molecule has 0 bridgehead atoms. The summed E-state index contributed by atoms with van der Waals surface area (Å²) in [5, 5.41) is 2.90. The second kappa shape index (κ2) is 11.2. The molecular weight excluding hydrogens is 476 g/mol. The van der Waals surface area contributed by atoms with Gasteiger partial charge in [-0.3, -0.25) is 9.59 Å². The number of ether oxygens (including phenoxy) is 2. The average Bonchev–Trinajstić information content (AvgIpc) is 3.06. The van der Waals surface area contributed by atoms with E-state index in [9.17, 15) is 9.59 Å². The molecule has 2 aliphatic heterocycles. The van der Waals surface area contributed by atoms with E-state index in [1.165, 1.54) is 11.3 Å². The highest BCUT2D eigenvalue weighted by molar-refractivity contribution is 7.17. The Balaban J connectivity index is 1.42. The number of hydrogen-bond acceptors (Lipinski definition) is 7. The highest BCUT2D eigenvalue weighted by atomic mass is 32.1. The Kier molecular flexibility index (Phi) is 7.60. The summed E-state index contributed by atoms with van der Waals surface area (Å²) in [6, 6.07) is 15.5. The molecule has 2 aliphatic rings. The molecule has 1 N–H and O–H groups in total. The van der Waals surface area contributed by atoms with Crippen LogP contribution in [0.3, 0.4) is 0 Å². The summed E-state index contributed by atoms with van der Waals surface area (Å²) in [7, 11) is 1.61. The van der Waals surface area contributed by atoms with E-state index < -0.39 is 0 Å². The zero-order valence-electron chi connectivity index (χ0n) is 20.4. The van der Waals surface area contributed by atoms with Gasteiger partial charge in [-0.2, -0.15) is 0 Å². The van der Waals surface area contributed by atoms with E-state index in [2.05, 4.69) is 10.2 Å². The number of amides is 2. The SMILES string of the molecule is COCCNC(=O)c1cc2c(s1)-c1ccccc1N(C(=O)c1cccc(N3CCCOCC3)n1)CC2. The predicted molar refractivity (Wildman–Crippen MR) is 141 cm³/mol. The summed E-state index contributed by atoms with van der Waals surface area (Å²) in [6.07, 6.45) is 1.59. The number of fused-ring (bicyclic) bond motifs is 3. The Morgan fingerprint density at radius 3 is 2.89 bits per heavy atom. The third-order valence-electron chi connectivity index (χ3n) is 6.41. The first kappa shape index (κ1) is 24.4. The Hall–Kier alpha value is -3.27. The molecule has 0 radical (unpaired) electrons. The molecule has 9 heteroatoms. The normalized spacial score (nSPS) is 15.5. The van der Waals surface area contributed by atoms with Crippen molar-refractivity contribution in [2.24, 2.45) is 0 Å². The predicted octanol–water partition coefficient (Wildman–Crippen LogP) is 3.62. The molecule has 1 saturated heterocycles. The number of methoxy groups -OCH3 is 1. The number of hydrogen-bond donors (Lipinski definition) is 1. The van der Waals surface area contributed by atoms with E-state index in [4.69, 9.17) is 14.5 Å². The number of nitrogens with one attached hydrogen (secondary N) is 1. The van der Waals surface area contributed by atoms with Crippen LogP contribution >= 0.6 is 11.3 Å². The van der Waals surface area contributed by atoms with Gasteiger partial charge in [-0.25, -0.2) is 4.98 Å². The maximum absolute atomic E-state index is 13.8. The van der Waals surface area contributed by atoms with Crippen molar-refractivity contribution in [3.63, 3.8) is 0 Å². The van der Waals surface area contributed by atoms with Crippen LogP contribution in [0.5, 0.6) is 0 Å². The van der Waals surface area contributed by atoms with Gasteiger partial charge in [0, 0.05) is 50.3 Å². The van der Waals surface area contributed by atoms with Crippen LogP contribution in [-0.2, 0) is 15.9 Å². The molecule has 0 aliphatic carbocycles. The van der Waals surface area contributed by atoms with E-state index in [1.807, 2.05) is 47.4 Å². The average molecular weight is 507 g/mol. The largest absolute Gasteiger partial charge is 0.383 e. The number of carbonyl (C=O) groups excluding carboxylic acids is 2. The number of nitrogens with zero attached hydrogens (tertiary/aromatic N) is 3. The number of rotatable bonds is 6. The Bertz CT molecular complexity index is 1240. The summed E-state index contributed by atoms with van der Waals surface area (Å²) < 4.78 is 10.6. The van der Waals surface area contributed by atoms with E-state index in [-0.39, 0.29) is 11.8 Å². The van der Waals surface area contributed by atoms with E-state index in [0.29, 0.717) is 43.3 Å². The number of carbonyl (C=O) groups is 2. The van der Waals surface area contributed by atoms with E-state index >= 15 is 0 Å². The molecular formula is C27H30N4O4S. The molecule has 3 aromatic rings. The number of pyridine rings is 1. The lowest BCUT2D eigenvalue weighted by Gasteiger charge is -2.24. The van der Waals surface area contributed by atoms with Gasteiger partial charge in [0.05, 0.1) is 23.8 Å². The van der Waals surface area contributed by atoms with Crippen molar-refractivity contribution in [2.45, 2.75) is 12.8 Å². The molecule has 5 rings (SSSR count). The zero-order chi connectivity index (χ0) is 24.9. The van der Waals surface area contributed by atoms with Gasteiger partial charge in [0.1, 0.15) is 11.5 Å². The van der Waals surface area contributed by atoms with Gasteiger partial charge in [-0.1, -0.05) is 24.3 Å². The molecule has 2 amide bonds. The molecule has 1 aromatic carbocycles. The molecule has 36 heavy (non-hydrogen) atoms. The van der Waals surface area contributed by atoms with Gasteiger partial charge in [-0.05, 0) is 42.7 Å². The van der Waals surface area contributed by atoms with Crippen LogP contribution in [0.25, 0.3) is 10.4 Å². The van der Waals surface area contributed by atoms with Gasteiger partial charge >= 0.3 is 0 Å². The van der Waals surface area contributed by atoms with Gasteiger partial charge in [0.15, 0.2) is 0 Å². The molecule has 2 aromatic heterocycles. The lowest BCUT2D eigenvalue weighted by atomic mass is 10.1. The minimum absolute atomic E-state index is 0.101. The molecule has 0 spiro atoms. The fraction of sp³-hybridized carbons (Fsp3) is 0.370. The second-order valence-corrected chi connectivity index (χ2v) is 9.82. The lowest BCUT2D eigenvalue weighted by molar-refractivity contribution is 0.0939. The van der Waals surface area contributed by atoms with Gasteiger partial charge < -0.3 is 24.6 Å². The number of benzene rings is 1. The summed E-state index contributed by atoms with van der Waals surface area (Å²) in [6.45, 7) is 4.48. The molecule has 1 fully saturated rings. The minimum Gasteiger partial charge on any atom is -0.383 e. The minimum atomic E-state index is -0.122. The molecule has 0 unspecified atom stereocenters. The summed E-state index contributed by atoms with van der Waals surface area (Å²) in [4.78, 5) is 36.8. The van der Waals surface area contributed by atoms with Gasteiger partial charge in [-0.15, -0.1) is 11.3 Å². The third-order valence-corrected chi connectivity index (χ3v) is 7.62. The van der Waals surface area contributed by atoms with Gasteiger partial charge in [0.25, 0.3) is 11.8 Å². The van der Waals surface area contributed by atoms with Crippen molar-refractivity contribution in [2.75, 3.05) is 62.9 Å². The van der Waals surface area contributed by atoms with Crippen LogP contribution in [0.4, 0.5) is 11.5 Å². The van der Waals surface area contributed by atoms with Crippen molar-refractivity contribution in [1.82, 2.24) is 10.3 Å². The maximum Gasteiger partial charge on any atom is 0.276 e. The fourth-order valence-electron chi connectivity index (χ4n) is 4.60. The Labute approximate surface area is 214 Å². The number of para-hydroxylation sites is 1. The maximum atomic E-state index is 13.8. The summed E-state index contributed by atoms with van der Waals surface area (Å²) in [5.41, 5.74) is 3.30. The van der Waals surface area contributed by atoms with Crippen LogP contribution in [-0.4, -0.2) is 69.9 Å². The highest BCUT2D eigenvalue weighted by Gasteiger charge is 2.28.